The fraction of sp³-hybridized carbons (Fsp3) is 0.565. The third kappa shape index (κ3) is 6.82. The van der Waals surface area contributed by atoms with Gasteiger partial charge in [0.15, 0.2) is 0 Å². The van der Waals surface area contributed by atoms with Crippen molar-refractivity contribution in [2.75, 3.05) is 13.2 Å². The van der Waals surface area contributed by atoms with Crippen molar-refractivity contribution in [1.29, 1.82) is 0 Å². The van der Waals surface area contributed by atoms with Crippen molar-refractivity contribution in [2.24, 2.45) is 5.41 Å². The van der Waals surface area contributed by atoms with E-state index in [-0.39, 0.29) is 18.0 Å². The van der Waals surface area contributed by atoms with Crippen LogP contribution in [0.4, 0.5) is 4.79 Å². The Morgan fingerprint density at radius 1 is 1.29 bits per heavy atom. The molecule has 0 aromatic heterocycles. The van der Waals surface area contributed by atoms with Crippen LogP contribution in [0.1, 0.15) is 41.5 Å². The molecule has 12 heteroatoms. The summed E-state index contributed by atoms with van der Waals surface area (Å²) in [7, 11) is -4.23. The van der Waals surface area contributed by atoms with Crippen LogP contribution in [0.3, 0.4) is 0 Å². The average molecular weight is 528 g/mol. The first-order valence-corrected chi connectivity index (χ1v) is 13.2. The molecule has 1 aliphatic heterocycles. The molecule has 1 aromatic rings. The molecule has 0 saturated carbocycles. The molecule has 1 aliphatic rings. The zero-order valence-electron chi connectivity index (χ0n) is 20.7. The van der Waals surface area contributed by atoms with E-state index in [9.17, 15) is 28.3 Å². The molecule has 194 valence electrons. The average Bonchev–Trinajstić information content (AvgIpc) is 2.75. The molecule has 0 aliphatic carbocycles. The first-order valence-electron chi connectivity index (χ1n) is 10.9. The number of carbonyl (C=O) groups excluding carboxylic acids is 1. The zero-order valence-corrected chi connectivity index (χ0v) is 22.3. The van der Waals surface area contributed by atoms with E-state index in [1.54, 1.807) is 26.3 Å². The van der Waals surface area contributed by atoms with Crippen molar-refractivity contribution in [3.05, 3.63) is 24.3 Å². The predicted molar refractivity (Wildman–Crippen MR) is 133 cm³/mol. The van der Waals surface area contributed by atoms with Crippen LogP contribution in [-0.2, 0) is 14.8 Å². The fourth-order valence-electron chi connectivity index (χ4n) is 4.07. The van der Waals surface area contributed by atoms with Crippen molar-refractivity contribution in [3.63, 3.8) is 0 Å². The molecule has 2 amide bonds. The molecule has 1 unspecified atom stereocenters. The number of carboxylic acid groups (broad SMARTS) is 1. The van der Waals surface area contributed by atoms with Crippen LogP contribution < -0.4 is 15.5 Å². The van der Waals surface area contributed by atoms with Gasteiger partial charge in [-0.1, -0.05) is 26.7 Å². The van der Waals surface area contributed by atoms with Gasteiger partial charge in [0, 0.05) is 16.5 Å². The van der Waals surface area contributed by atoms with Crippen molar-refractivity contribution < 1.29 is 33.1 Å². The number of amides is 2. The molecule has 1 fully saturated rings. The lowest BCUT2D eigenvalue weighted by Crippen LogP contribution is -2.66. The molecule has 1 saturated heterocycles. The van der Waals surface area contributed by atoms with Gasteiger partial charge in [0.1, 0.15) is 18.4 Å². The van der Waals surface area contributed by atoms with Gasteiger partial charge >= 0.3 is 6.09 Å². The van der Waals surface area contributed by atoms with Crippen LogP contribution in [0.25, 0.3) is 0 Å². The number of benzene rings is 1. The normalized spacial score (nSPS) is 21.2. The van der Waals surface area contributed by atoms with Gasteiger partial charge in [-0.25, -0.2) is 18.7 Å². The maximum Gasteiger partial charge on any atom is 0.404 e. The molecule has 3 atom stereocenters. The SMILES string of the molecule is CC#CCOc1ccc(S(=O)(=O)N2C[C@@H](C(NC(=O)O)C(C)(C)C)SC(C)(C)[C@@H]2C(=O)NO)cc1. The molecule has 1 heterocycles. The summed E-state index contributed by atoms with van der Waals surface area (Å²) in [5, 5.41) is 20.8. The van der Waals surface area contributed by atoms with E-state index in [1.165, 1.54) is 36.0 Å². The summed E-state index contributed by atoms with van der Waals surface area (Å²) in [6.45, 7) is 10.6. The minimum atomic E-state index is -4.23. The third-order valence-corrected chi connectivity index (χ3v) is 9.02. The van der Waals surface area contributed by atoms with E-state index < -0.39 is 49.5 Å². The molecule has 0 bridgehead atoms. The van der Waals surface area contributed by atoms with Gasteiger partial charge in [-0.15, -0.1) is 17.7 Å². The molecule has 1 aromatic carbocycles. The second kappa shape index (κ2) is 11.1. The number of nitrogens with zero attached hydrogens (tertiary/aromatic N) is 1. The monoisotopic (exact) mass is 527 g/mol. The molecule has 0 spiro atoms. The largest absolute Gasteiger partial charge is 0.481 e. The number of hydroxylamine groups is 1. The number of hydrogen-bond donors (Lipinski definition) is 4. The van der Waals surface area contributed by atoms with Crippen molar-refractivity contribution in [1.82, 2.24) is 15.1 Å². The molecule has 0 radical (unpaired) electrons. The summed E-state index contributed by atoms with van der Waals surface area (Å²) in [4.78, 5) is 24.2. The van der Waals surface area contributed by atoms with Gasteiger partial charge in [-0.05, 0) is 50.5 Å². The highest BCUT2D eigenvalue weighted by atomic mass is 32.2. The van der Waals surface area contributed by atoms with E-state index in [2.05, 4.69) is 17.2 Å². The van der Waals surface area contributed by atoms with Crippen molar-refractivity contribution in [2.45, 2.75) is 68.5 Å². The summed E-state index contributed by atoms with van der Waals surface area (Å²) in [5.41, 5.74) is 1.04. The summed E-state index contributed by atoms with van der Waals surface area (Å²) in [6, 6.07) is 3.86. The number of nitrogens with one attached hydrogen (secondary N) is 2. The number of thioether (sulfide) groups is 1. The Morgan fingerprint density at radius 3 is 2.37 bits per heavy atom. The minimum Gasteiger partial charge on any atom is -0.481 e. The molecule has 4 N–H and O–H groups in total. The summed E-state index contributed by atoms with van der Waals surface area (Å²) in [6.07, 6.45) is -1.23. The highest BCUT2D eigenvalue weighted by Gasteiger charge is 2.53. The lowest BCUT2D eigenvalue weighted by molar-refractivity contribution is -0.134. The topological polar surface area (TPSA) is 145 Å². The second-order valence-corrected chi connectivity index (χ2v) is 13.5. The summed E-state index contributed by atoms with van der Waals surface area (Å²) < 4.78 is 33.0. The smallest absolute Gasteiger partial charge is 0.404 e. The van der Waals surface area contributed by atoms with Crippen LogP contribution in [0.15, 0.2) is 29.2 Å². The predicted octanol–water partition coefficient (Wildman–Crippen LogP) is 2.53. The standard InChI is InChI=1S/C23H33N3O7S2/c1-7-8-13-33-15-9-11-16(12-10-15)35(31,32)26-14-17(18(22(2,3)4)24-21(28)29)34-23(5,6)19(26)20(27)25-30/h9-12,17-19,24,30H,13-14H2,1-6H3,(H,25,27)(H,28,29)/t17-,18?,19-/m0/s1. The lowest BCUT2D eigenvalue weighted by atomic mass is 9.84. The molecular weight excluding hydrogens is 494 g/mol. The third-order valence-electron chi connectivity index (χ3n) is 5.62. The Hall–Kier alpha value is -2.46. The van der Waals surface area contributed by atoms with Gasteiger partial charge in [0.25, 0.3) is 5.91 Å². The number of ether oxygens (including phenoxy) is 1. The number of carbonyl (C=O) groups is 2. The first kappa shape index (κ1) is 28.8. The Bertz CT molecular complexity index is 1090. The zero-order chi connectivity index (χ0) is 26.6. The highest BCUT2D eigenvalue weighted by molar-refractivity contribution is 8.01. The van der Waals surface area contributed by atoms with Crippen molar-refractivity contribution in [3.8, 4) is 17.6 Å². The van der Waals surface area contributed by atoms with Gasteiger partial charge in [0.2, 0.25) is 10.0 Å². The maximum absolute atomic E-state index is 13.8. The summed E-state index contributed by atoms with van der Waals surface area (Å²) in [5.74, 6) is 5.01. The van der Waals surface area contributed by atoms with Crippen molar-refractivity contribution >= 4 is 33.8 Å². The van der Waals surface area contributed by atoms with Gasteiger partial charge < -0.3 is 15.2 Å². The van der Waals surface area contributed by atoms with E-state index in [1.807, 2.05) is 20.8 Å². The minimum absolute atomic E-state index is 0.0675. The Morgan fingerprint density at radius 2 is 1.89 bits per heavy atom. The van der Waals surface area contributed by atoms with Crippen LogP contribution in [0, 0.1) is 17.3 Å². The summed E-state index contributed by atoms with van der Waals surface area (Å²) >= 11 is 1.31. The fourth-order valence-corrected chi connectivity index (χ4v) is 7.97. The molecule has 10 nitrogen and oxygen atoms in total. The van der Waals surface area contributed by atoms with Crippen LogP contribution >= 0.6 is 11.8 Å². The Balaban J connectivity index is 2.53. The molecule has 2 rings (SSSR count). The van der Waals surface area contributed by atoms with E-state index >= 15 is 0 Å². The van der Waals surface area contributed by atoms with E-state index in [4.69, 9.17) is 4.74 Å². The highest BCUT2D eigenvalue weighted by Crippen LogP contribution is 2.45. The Labute approximate surface area is 210 Å². The Kier molecular flexibility index (Phi) is 9.10. The van der Waals surface area contributed by atoms with Crippen LogP contribution in [0.5, 0.6) is 5.75 Å². The van der Waals surface area contributed by atoms with Gasteiger partial charge in [-0.3, -0.25) is 10.0 Å². The van der Waals surface area contributed by atoms with Crippen LogP contribution in [0.2, 0.25) is 0 Å². The maximum atomic E-state index is 13.8. The number of rotatable bonds is 7. The lowest BCUT2D eigenvalue weighted by Gasteiger charge is -2.50. The number of sulfonamides is 1. The van der Waals surface area contributed by atoms with Crippen LogP contribution in [-0.4, -0.2) is 70.3 Å². The van der Waals surface area contributed by atoms with E-state index in [0.717, 1.165) is 4.31 Å². The quantitative estimate of drug-likeness (QED) is 0.240. The molecule has 35 heavy (non-hydrogen) atoms. The number of hydrogen-bond acceptors (Lipinski definition) is 7. The molecular formula is C23H33N3O7S2. The second-order valence-electron chi connectivity index (χ2n) is 9.69. The van der Waals surface area contributed by atoms with E-state index in [0.29, 0.717) is 5.75 Å². The first-order chi connectivity index (χ1) is 16.1. The van der Waals surface area contributed by atoms with Gasteiger partial charge in [0.05, 0.1) is 10.9 Å². The van der Waals surface area contributed by atoms with Gasteiger partial charge in [-0.2, -0.15) is 4.31 Å².